The predicted molar refractivity (Wildman–Crippen MR) is 115 cm³/mol. The van der Waals surface area contributed by atoms with Crippen LogP contribution in [0.25, 0.3) is 0 Å². The monoisotopic (exact) mass is 388 g/mol. The Hall–Kier alpha value is -3.19. The maximum atomic E-state index is 12.7. The first-order chi connectivity index (χ1) is 14.2. The van der Waals surface area contributed by atoms with Crippen molar-refractivity contribution in [1.29, 1.82) is 0 Å². The summed E-state index contributed by atoms with van der Waals surface area (Å²) in [5.74, 6) is 1.65. The van der Waals surface area contributed by atoms with Crippen molar-refractivity contribution >= 4 is 23.0 Å². The maximum absolute atomic E-state index is 12.7. The molecule has 0 spiro atoms. The number of nitrogens with one attached hydrogen (secondary N) is 1. The molecule has 29 heavy (non-hydrogen) atoms. The van der Waals surface area contributed by atoms with Gasteiger partial charge in [0, 0.05) is 68.0 Å². The number of anilines is 2. The molecule has 3 aliphatic rings. The second-order valence-corrected chi connectivity index (χ2v) is 7.64. The molecule has 1 N–H and O–H groups in total. The van der Waals surface area contributed by atoms with Gasteiger partial charge in [-0.25, -0.2) is 0 Å². The van der Waals surface area contributed by atoms with E-state index in [1.54, 1.807) is 30.6 Å². The normalized spacial score (nSPS) is 20.2. The van der Waals surface area contributed by atoms with Crippen molar-refractivity contribution in [2.45, 2.75) is 0 Å². The maximum Gasteiger partial charge on any atom is 0.191 e. The van der Waals surface area contributed by atoms with Crippen LogP contribution in [0, 0.1) is 0 Å². The Morgan fingerprint density at radius 3 is 2.79 bits per heavy atom. The van der Waals surface area contributed by atoms with Crippen LogP contribution in [0.3, 0.4) is 0 Å². The predicted octanol–water partition coefficient (Wildman–Crippen LogP) is 2.05. The second kappa shape index (κ2) is 7.33. The number of aromatic nitrogens is 1. The average Bonchev–Trinajstić information content (AvgIpc) is 3.25. The van der Waals surface area contributed by atoms with Gasteiger partial charge in [0.05, 0.1) is 12.2 Å². The van der Waals surface area contributed by atoms with Crippen LogP contribution >= 0.6 is 0 Å². The summed E-state index contributed by atoms with van der Waals surface area (Å²) in [5.41, 5.74) is 3.88. The third-order valence-corrected chi connectivity index (χ3v) is 5.72. The quantitative estimate of drug-likeness (QED) is 0.641. The van der Waals surface area contributed by atoms with Gasteiger partial charge in [0.25, 0.3) is 0 Å². The Kier molecular flexibility index (Phi) is 4.52. The lowest BCUT2D eigenvalue weighted by Crippen LogP contribution is -2.44. The number of hydrogen-bond donors (Lipinski definition) is 1. The molecule has 0 radical (unpaired) electrons. The van der Waals surface area contributed by atoms with E-state index in [1.807, 2.05) is 0 Å². The molecule has 2 aromatic rings. The number of amidine groups is 1. The highest BCUT2D eigenvalue weighted by atomic mass is 16.1. The molecule has 1 saturated heterocycles. The van der Waals surface area contributed by atoms with Gasteiger partial charge >= 0.3 is 0 Å². The molecule has 1 aromatic heterocycles. The first-order valence-electron chi connectivity index (χ1n) is 10.0. The lowest BCUT2D eigenvalue weighted by atomic mass is 10.1. The Bertz CT molecular complexity index is 992. The molecule has 7 nitrogen and oxygen atoms in total. The molecule has 0 atom stereocenters. The van der Waals surface area contributed by atoms with E-state index in [1.165, 1.54) is 5.69 Å². The van der Waals surface area contributed by atoms with Gasteiger partial charge in [0.2, 0.25) is 0 Å². The molecule has 0 bridgehead atoms. The summed E-state index contributed by atoms with van der Waals surface area (Å²) in [4.78, 5) is 28.3. The number of allylic oxidation sites excluding steroid dienone is 1. The molecular formula is C22H24N6O. The molecule has 7 heteroatoms. The molecule has 3 aliphatic heterocycles. The van der Waals surface area contributed by atoms with E-state index < -0.39 is 0 Å². The fraction of sp³-hybridized carbons (Fsp3) is 0.318. The van der Waals surface area contributed by atoms with Crippen molar-refractivity contribution in [3.05, 3.63) is 65.7 Å². The van der Waals surface area contributed by atoms with Crippen LogP contribution in [0.2, 0.25) is 0 Å². The summed E-state index contributed by atoms with van der Waals surface area (Å²) in [6.45, 7) is 5.67. The number of benzene rings is 1. The number of carbonyl (C=O) groups excluding carboxylic acids is 1. The fourth-order valence-corrected chi connectivity index (χ4v) is 4.04. The number of likely N-dealkylation sites (N-methyl/N-ethyl adjacent to an activating group) is 1. The van der Waals surface area contributed by atoms with E-state index in [0.717, 1.165) is 62.2 Å². The van der Waals surface area contributed by atoms with Crippen molar-refractivity contribution in [3.63, 3.8) is 0 Å². The van der Waals surface area contributed by atoms with Crippen LogP contribution in [0.5, 0.6) is 0 Å². The number of fused-ring (bicyclic) bond motifs is 3. The summed E-state index contributed by atoms with van der Waals surface area (Å²) in [6, 6.07) is 10.1. The third kappa shape index (κ3) is 3.38. The van der Waals surface area contributed by atoms with Crippen LogP contribution in [0.15, 0.2) is 59.6 Å². The lowest BCUT2D eigenvalue weighted by Gasteiger charge is -2.36. The van der Waals surface area contributed by atoms with Gasteiger partial charge in [0.1, 0.15) is 11.7 Å². The van der Waals surface area contributed by atoms with Crippen molar-refractivity contribution in [2.24, 2.45) is 4.99 Å². The summed E-state index contributed by atoms with van der Waals surface area (Å²) < 4.78 is 0. The number of hydrogen-bond acceptors (Lipinski definition) is 7. The van der Waals surface area contributed by atoms with Gasteiger partial charge < -0.3 is 20.0 Å². The topological polar surface area (TPSA) is 64.1 Å². The Morgan fingerprint density at radius 2 is 2.00 bits per heavy atom. The highest BCUT2D eigenvalue weighted by molar-refractivity contribution is 6.10. The molecule has 4 heterocycles. The first kappa shape index (κ1) is 17.9. The van der Waals surface area contributed by atoms with Crippen LogP contribution in [-0.2, 0) is 0 Å². The zero-order valence-electron chi connectivity index (χ0n) is 16.5. The number of aliphatic imine (C=N–C) groups is 1. The van der Waals surface area contributed by atoms with E-state index in [-0.39, 0.29) is 5.78 Å². The Labute approximate surface area is 170 Å². The van der Waals surface area contributed by atoms with Crippen LogP contribution in [0.4, 0.5) is 11.4 Å². The average molecular weight is 388 g/mol. The molecule has 1 fully saturated rings. The van der Waals surface area contributed by atoms with Crippen LogP contribution in [-0.4, -0.2) is 72.7 Å². The number of pyridine rings is 1. The molecule has 0 saturated carbocycles. The van der Waals surface area contributed by atoms with Gasteiger partial charge in [0.15, 0.2) is 5.78 Å². The largest absolute Gasteiger partial charge is 0.369 e. The van der Waals surface area contributed by atoms with Crippen LogP contribution < -0.4 is 10.2 Å². The van der Waals surface area contributed by atoms with Gasteiger partial charge in [-0.1, -0.05) is 0 Å². The number of nitrogens with zero attached hydrogens (tertiary/aromatic N) is 5. The molecule has 0 unspecified atom stereocenters. The minimum Gasteiger partial charge on any atom is -0.369 e. The Morgan fingerprint density at radius 1 is 1.14 bits per heavy atom. The highest BCUT2D eigenvalue weighted by Gasteiger charge is 2.30. The molecule has 1 aromatic carbocycles. The zero-order chi connectivity index (χ0) is 19.8. The van der Waals surface area contributed by atoms with Crippen molar-refractivity contribution in [2.75, 3.05) is 56.5 Å². The van der Waals surface area contributed by atoms with E-state index in [0.29, 0.717) is 5.56 Å². The number of rotatable bonds is 3. The van der Waals surface area contributed by atoms with Crippen molar-refractivity contribution < 1.29 is 4.79 Å². The minimum absolute atomic E-state index is 0.0643. The van der Waals surface area contributed by atoms with Gasteiger partial charge in [-0.05, 0) is 37.4 Å². The highest BCUT2D eigenvalue weighted by Crippen LogP contribution is 2.33. The fourth-order valence-electron chi connectivity index (χ4n) is 4.04. The van der Waals surface area contributed by atoms with E-state index >= 15 is 0 Å². The molecule has 0 aliphatic carbocycles. The lowest BCUT2D eigenvalue weighted by molar-refractivity contribution is 0.104. The summed E-state index contributed by atoms with van der Waals surface area (Å²) in [6.07, 6.45) is 4.92. The number of carbonyl (C=O) groups is 1. The van der Waals surface area contributed by atoms with Crippen molar-refractivity contribution in [1.82, 2.24) is 14.8 Å². The molecule has 0 amide bonds. The standard InChI is InChI=1S/C22H24N6O/c1-26-9-11-27(12-10-26)17-4-5-18-19(13-17)25-21(28-8-7-24-22(18)28)14-20(29)16-3-2-6-23-15-16/h2-6,13-15,25H,7-12H2,1H3. The van der Waals surface area contributed by atoms with E-state index in [2.05, 4.69) is 50.2 Å². The molecule has 148 valence electrons. The van der Waals surface area contributed by atoms with Gasteiger partial charge in [-0.2, -0.15) is 0 Å². The van der Waals surface area contributed by atoms with Crippen molar-refractivity contribution in [3.8, 4) is 0 Å². The number of ketones is 1. The first-order valence-corrected chi connectivity index (χ1v) is 10.0. The van der Waals surface area contributed by atoms with Crippen LogP contribution in [0.1, 0.15) is 15.9 Å². The van der Waals surface area contributed by atoms with Gasteiger partial charge in [-0.15, -0.1) is 0 Å². The number of piperazine rings is 1. The van der Waals surface area contributed by atoms with E-state index in [9.17, 15) is 4.79 Å². The second-order valence-electron chi connectivity index (χ2n) is 7.64. The SMILES string of the molecule is CN1CCN(c2ccc3c(c2)NC(=CC(=O)c2cccnc2)N2CCN=C32)CC1. The summed E-state index contributed by atoms with van der Waals surface area (Å²) in [5, 5.41) is 3.49. The third-order valence-electron chi connectivity index (χ3n) is 5.72. The van der Waals surface area contributed by atoms with Gasteiger partial charge in [-0.3, -0.25) is 14.8 Å². The summed E-state index contributed by atoms with van der Waals surface area (Å²) >= 11 is 0. The molecular weight excluding hydrogens is 364 g/mol. The Balaban J connectivity index is 1.47. The smallest absolute Gasteiger partial charge is 0.191 e. The molecule has 5 rings (SSSR count). The summed E-state index contributed by atoms with van der Waals surface area (Å²) in [7, 11) is 2.16. The minimum atomic E-state index is -0.0643. The van der Waals surface area contributed by atoms with E-state index in [4.69, 9.17) is 4.99 Å². The zero-order valence-corrected chi connectivity index (χ0v) is 16.5.